The van der Waals surface area contributed by atoms with Gasteiger partial charge in [-0.3, -0.25) is 4.79 Å². The van der Waals surface area contributed by atoms with Crippen molar-refractivity contribution in [3.63, 3.8) is 0 Å². The minimum atomic E-state index is -3.97. The summed E-state index contributed by atoms with van der Waals surface area (Å²) in [6.45, 7) is 2.36. The third-order valence-electron chi connectivity index (χ3n) is 3.86. The average molecular weight is 400 g/mol. The Hall–Kier alpha value is -0.930. The average Bonchev–Trinajstić information content (AvgIpc) is 2.50. The molecule has 1 heterocycles. The predicted octanol–water partition coefficient (Wildman–Crippen LogP) is 2.22. The Morgan fingerprint density at radius 1 is 1.42 bits per heavy atom. The molecule has 1 aliphatic heterocycles. The van der Waals surface area contributed by atoms with Crippen LogP contribution in [0.4, 0.5) is 10.1 Å². The summed E-state index contributed by atoms with van der Waals surface area (Å²) >= 11 is 5.96. The highest BCUT2D eigenvalue weighted by molar-refractivity contribution is 7.89. The zero-order valence-corrected chi connectivity index (χ0v) is 15.5. The maximum Gasteiger partial charge on any atom is 0.246 e. The third kappa shape index (κ3) is 4.58. The van der Waals surface area contributed by atoms with E-state index in [-0.39, 0.29) is 29.0 Å². The van der Waals surface area contributed by atoms with Crippen molar-refractivity contribution in [2.75, 3.05) is 25.0 Å². The van der Waals surface area contributed by atoms with E-state index in [1.54, 1.807) is 0 Å². The zero-order valence-electron chi connectivity index (χ0n) is 13.1. The molecule has 0 atom stereocenters. The van der Waals surface area contributed by atoms with Crippen LogP contribution in [0.3, 0.4) is 0 Å². The largest absolute Gasteiger partial charge is 0.330 e. The fraction of sp³-hybridized carbons (Fsp3) is 0.500. The Bertz CT molecular complexity index is 707. The Morgan fingerprint density at radius 2 is 2.00 bits per heavy atom. The number of carbonyl (C=O) groups is 1. The number of benzene rings is 1. The molecule has 1 aromatic carbocycles. The molecule has 1 aliphatic rings. The lowest BCUT2D eigenvalue weighted by molar-refractivity contribution is -0.114. The van der Waals surface area contributed by atoms with Gasteiger partial charge in [0.1, 0.15) is 10.7 Å². The van der Waals surface area contributed by atoms with Gasteiger partial charge in [0.05, 0.1) is 10.7 Å². The summed E-state index contributed by atoms with van der Waals surface area (Å²) in [5, 5.41) is 2.32. The number of hydrogen-bond donors (Lipinski definition) is 2. The minimum Gasteiger partial charge on any atom is -0.330 e. The van der Waals surface area contributed by atoms with Crippen molar-refractivity contribution in [1.29, 1.82) is 0 Å². The summed E-state index contributed by atoms with van der Waals surface area (Å²) in [4.78, 5) is 10.6. The smallest absolute Gasteiger partial charge is 0.246 e. The van der Waals surface area contributed by atoms with Crippen LogP contribution < -0.4 is 11.1 Å². The standard InChI is InChI=1S/C14H19ClFN3O3S.ClH/c1-9(20)18-13-7-12(16)14(6-11(13)15)23(21,22)19-4-2-10(8-17)3-5-19;/h6-7,10H,2-5,8,17H2,1H3,(H,18,20);1H. The van der Waals surface area contributed by atoms with Crippen LogP contribution in [-0.2, 0) is 14.8 Å². The zero-order chi connectivity index (χ0) is 17.2. The summed E-state index contributed by atoms with van der Waals surface area (Å²) in [5.74, 6) is -1.08. The number of amides is 1. The lowest BCUT2D eigenvalue weighted by Crippen LogP contribution is -2.40. The molecule has 2 rings (SSSR count). The number of halogens is 3. The van der Waals surface area contributed by atoms with E-state index in [9.17, 15) is 17.6 Å². The molecule has 24 heavy (non-hydrogen) atoms. The normalized spacial score (nSPS) is 16.5. The van der Waals surface area contributed by atoms with E-state index in [1.165, 1.54) is 11.2 Å². The monoisotopic (exact) mass is 399 g/mol. The molecule has 6 nitrogen and oxygen atoms in total. The molecule has 136 valence electrons. The lowest BCUT2D eigenvalue weighted by atomic mass is 9.99. The highest BCUT2D eigenvalue weighted by Gasteiger charge is 2.31. The first-order chi connectivity index (χ1) is 10.8. The Labute approximate surface area is 152 Å². The number of piperidine rings is 1. The molecular weight excluding hydrogens is 380 g/mol. The van der Waals surface area contributed by atoms with E-state index in [0.29, 0.717) is 32.5 Å². The summed E-state index contributed by atoms with van der Waals surface area (Å²) in [6, 6.07) is 1.95. The number of sulfonamides is 1. The van der Waals surface area contributed by atoms with Crippen molar-refractivity contribution in [3.05, 3.63) is 23.0 Å². The number of anilines is 1. The van der Waals surface area contributed by atoms with Crippen LogP contribution in [0.5, 0.6) is 0 Å². The molecule has 0 unspecified atom stereocenters. The molecule has 0 aliphatic carbocycles. The van der Waals surface area contributed by atoms with Crippen molar-refractivity contribution >= 4 is 45.6 Å². The van der Waals surface area contributed by atoms with E-state index in [4.69, 9.17) is 17.3 Å². The maximum atomic E-state index is 14.2. The van der Waals surface area contributed by atoms with Gasteiger partial charge in [0.25, 0.3) is 0 Å². The molecule has 10 heteroatoms. The Morgan fingerprint density at radius 3 is 2.50 bits per heavy atom. The van der Waals surface area contributed by atoms with Crippen LogP contribution in [0.15, 0.2) is 17.0 Å². The number of carbonyl (C=O) groups excluding carboxylic acids is 1. The molecule has 1 fully saturated rings. The SMILES string of the molecule is CC(=O)Nc1cc(F)c(S(=O)(=O)N2CCC(CN)CC2)cc1Cl.Cl. The number of nitrogens with zero attached hydrogens (tertiary/aromatic N) is 1. The summed E-state index contributed by atoms with van der Waals surface area (Å²) < 4.78 is 40.7. The van der Waals surface area contributed by atoms with Crippen molar-refractivity contribution in [1.82, 2.24) is 4.31 Å². The van der Waals surface area contributed by atoms with Gasteiger partial charge in [0.15, 0.2) is 0 Å². The van der Waals surface area contributed by atoms with Gasteiger partial charge in [-0.05, 0) is 31.4 Å². The second-order valence-electron chi connectivity index (χ2n) is 5.53. The minimum absolute atomic E-state index is 0. The van der Waals surface area contributed by atoms with Crippen LogP contribution >= 0.6 is 24.0 Å². The molecule has 0 bridgehead atoms. The van der Waals surface area contributed by atoms with Crippen LogP contribution in [0, 0.1) is 11.7 Å². The maximum absolute atomic E-state index is 14.2. The van der Waals surface area contributed by atoms with E-state index in [2.05, 4.69) is 5.32 Å². The predicted molar refractivity (Wildman–Crippen MR) is 93.5 cm³/mol. The number of hydrogen-bond acceptors (Lipinski definition) is 4. The van der Waals surface area contributed by atoms with Crippen molar-refractivity contribution in [3.8, 4) is 0 Å². The van der Waals surface area contributed by atoms with Gasteiger partial charge in [0, 0.05) is 26.1 Å². The number of nitrogens with two attached hydrogens (primary N) is 1. The Balaban J connectivity index is 0.00000288. The molecule has 0 radical (unpaired) electrons. The molecule has 3 N–H and O–H groups in total. The van der Waals surface area contributed by atoms with Gasteiger partial charge < -0.3 is 11.1 Å². The van der Waals surface area contributed by atoms with Gasteiger partial charge in [0.2, 0.25) is 15.9 Å². The summed E-state index contributed by atoms with van der Waals surface area (Å²) in [5.41, 5.74) is 5.63. The van der Waals surface area contributed by atoms with Crippen LogP contribution in [-0.4, -0.2) is 38.3 Å². The quantitative estimate of drug-likeness (QED) is 0.811. The van der Waals surface area contributed by atoms with Crippen LogP contribution in [0.25, 0.3) is 0 Å². The van der Waals surface area contributed by atoms with Gasteiger partial charge >= 0.3 is 0 Å². The molecule has 1 aromatic rings. The van der Waals surface area contributed by atoms with Gasteiger partial charge in [-0.15, -0.1) is 12.4 Å². The van der Waals surface area contributed by atoms with Gasteiger partial charge in [-0.25, -0.2) is 12.8 Å². The van der Waals surface area contributed by atoms with E-state index in [0.717, 1.165) is 12.1 Å². The van der Waals surface area contributed by atoms with Gasteiger partial charge in [-0.1, -0.05) is 11.6 Å². The fourth-order valence-corrected chi connectivity index (χ4v) is 4.35. The second-order valence-corrected chi connectivity index (χ2v) is 7.84. The molecular formula is C14H20Cl2FN3O3S. The highest BCUT2D eigenvalue weighted by Crippen LogP contribution is 2.31. The highest BCUT2D eigenvalue weighted by atomic mass is 35.5. The molecule has 0 spiro atoms. The summed E-state index contributed by atoms with van der Waals surface area (Å²) in [6.07, 6.45) is 1.30. The third-order valence-corrected chi connectivity index (χ3v) is 6.08. The first-order valence-electron chi connectivity index (χ1n) is 7.22. The second kappa shape index (κ2) is 8.44. The van der Waals surface area contributed by atoms with Crippen molar-refractivity contribution in [2.45, 2.75) is 24.7 Å². The Kier molecular flexibility index (Phi) is 7.43. The molecule has 1 saturated heterocycles. The molecule has 1 amide bonds. The first kappa shape index (κ1) is 21.1. The van der Waals surface area contributed by atoms with Crippen molar-refractivity contribution < 1.29 is 17.6 Å². The molecule has 0 aromatic heterocycles. The van der Waals surface area contributed by atoms with E-state index in [1.807, 2.05) is 0 Å². The number of rotatable bonds is 4. The topological polar surface area (TPSA) is 92.5 Å². The van der Waals surface area contributed by atoms with E-state index < -0.39 is 26.6 Å². The number of nitrogens with one attached hydrogen (secondary N) is 1. The molecule has 0 saturated carbocycles. The van der Waals surface area contributed by atoms with Crippen molar-refractivity contribution in [2.24, 2.45) is 11.7 Å². The van der Waals surface area contributed by atoms with E-state index >= 15 is 0 Å². The first-order valence-corrected chi connectivity index (χ1v) is 9.04. The van der Waals surface area contributed by atoms with Crippen LogP contribution in [0.2, 0.25) is 5.02 Å². The lowest BCUT2D eigenvalue weighted by Gasteiger charge is -2.30. The van der Waals surface area contributed by atoms with Crippen LogP contribution in [0.1, 0.15) is 19.8 Å². The van der Waals surface area contributed by atoms with Gasteiger partial charge in [-0.2, -0.15) is 4.31 Å². The fourth-order valence-electron chi connectivity index (χ4n) is 2.54. The summed E-state index contributed by atoms with van der Waals surface area (Å²) in [7, 11) is -3.97.